The highest BCUT2D eigenvalue weighted by atomic mass is 32.1. The molecule has 0 saturated carbocycles. The van der Waals surface area contributed by atoms with Crippen molar-refractivity contribution in [2.45, 2.75) is 25.7 Å². The molecule has 0 unspecified atom stereocenters. The molecule has 100 valence electrons. The van der Waals surface area contributed by atoms with Crippen LogP contribution in [0.4, 0.5) is 0 Å². The van der Waals surface area contributed by atoms with E-state index in [4.69, 9.17) is 16.6 Å². The molecule has 0 saturated heterocycles. The zero-order valence-corrected chi connectivity index (χ0v) is 11.8. The van der Waals surface area contributed by atoms with Gasteiger partial charge in [-0.25, -0.2) is 4.98 Å². The van der Waals surface area contributed by atoms with E-state index in [-0.39, 0.29) is 0 Å². The van der Waals surface area contributed by atoms with E-state index < -0.39 is 0 Å². The van der Waals surface area contributed by atoms with Gasteiger partial charge in [0.15, 0.2) is 0 Å². The first-order valence-corrected chi connectivity index (χ1v) is 7.32. The molecule has 0 aliphatic heterocycles. The molecule has 3 nitrogen and oxygen atoms in total. The zero-order valence-electron chi connectivity index (χ0n) is 11.0. The Labute approximate surface area is 121 Å². The van der Waals surface area contributed by atoms with E-state index in [0.717, 1.165) is 39.8 Å². The third kappa shape index (κ3) is 1.79. The SMILES string of the molecule is S=c1nc(-c2coc3ccccc23)[nH]c2c1CCCC2. The maximum atomic E-state index is 5.59. The molecular weight excluding hydrogens is 268 g/mol. The number of hydrogen-bond donors (Lipinski definition) is 1. The molecule has 0 fully saturated rings. The second kappa shape index (κ2) is 4.56. The van der Waals surface area contributed by atoms with Crippen molar-refractivity contribution in [1.29, 1.82) is 0 Å². The second-order valence-electron chi connectivity index (χ2n) is 5.20. The van der Waals surface area contributed by atoms with E-state index in [1.54, 1.807) is 6.26 Å². The number of hydrogen-bond acceptors (Lipinski definition) is 3. The fourth-order valence-corrected chi connectivity index (χ4v) is 3.22. The summed E-state index contributed by atoms with van der Waals surface area (Å²) in [6.45, 7) is 0. The normalized spacial score (nSPS) is 14.4. The van der Waals surface area contributed by atoms with Gasteiger partial charge in [-0.05, 0) is 31.7 Å². The number of furan rings is 1. The van der Waals surface area contributed by atoms with Gasteiger partial charge in [0.2, 0.25) is 0 Å². The van der Waals surface area contributed by atoms with Crippen LogP contribution in [0, 0.1) is 4.64 Å². The molecule has 20 heavy (non-hydrogen) atoms. The quantitative estimate of drug-likeness (QED) is 0.671. The van der Waals surface area contributed by atoms with Crippen molar-refractivity contribution in [3.8, 4) is 11.4 Å². The average Bonchev–Trinajstić information content (AvgIpc) is 2.91. The fraction of sp³-hybridized carbons (Fsp3) is 0.250. The highest BCUT2D eigenvalue weighted by Crippen LogP contribution is 2.30. The number of fused-ring (bicyclic) bond motifs is 2. The standard InChI is InChI=1S/C16H14N2OS/c20-16-11-6-1-3-7-13(11)17-15(18-16)12-9-19-14-8-4-2-5-10(12)14/h2,4-5,8-9H,1,3,6-7H2,(H,17,18,20). The summed E-state index contributed by atoms with van der Waals surface area (Å²) < 4.78 is 6.33. The van der Waals surface area contributed by atoms with Crippen LogP contribution in [0.15, 0.2) is 34.9 Å². The third-order valence-electron chi connectivity index (χ3n) is 3.94. The van der Waals surface area contributed by atoms with Crippen LogP contribution in [-0.2, 0) is 12.8 Å². The maximum Gasteiger partial charge on any atom is 0.143 e. The highest BCUT2D eigenvalue weighted by Gasteiger charge is 2.16. The van der Waals surface area contributed by atoms with Gasteiger partial charge in [-0.2, -0.15) is 0 Å². The van der Waals surface area contributed by atoms with E-state index in [0.29, 0.717) is 0 Å². The summed E-state index contributed by atoms with van der Waals surface area (Å²) in [4.78, 5) is 8.04. The van der Waals surface area contributed by atoms with Crippen molar-refractivity contribution in [2.75, 3.05) is 0 Å². The lowest BCUT2D eigenvalue weighted by Crippen LogP contribution is -2.08. The molecule has 4 rings (SSSR count). The molecule has 1 aliphatic carbocycles. The number of nitrogens with one attached hydrogen (secondary N) is 1. The van der Waals surface area contributed by atoms with Crippen LogP contribution in [-0.4, -0.2) is 9.97 Å². The summed E-state index contributed by atoms with van der Waals surface area (Å²) in [6, 6.07) is 7.99. The van der Waals surface area contributed by atoms with E-state index in [1.165, 1.54) is 24.1 Å². The van der Waals surface area contributed by atoms with Gasteiger partial charge in [0.05, 0.1) is 5.56 Å². The van der Waals surface area contributed by atoms with Gasteiger partial charge in [-0.15, -0.1) is 0 Å². The molecule has 0 atom stereocenters. The Morgan fingerprint density at radius 1 is 1.15 bits per heavy atom. The van der Waals surface area contributed by atoms with Crippen molar-refractivity contribution in [3.63, 3.8) is 0 Å². The van der Waals surface area contributed by atoms with E-state index >= 15 is 0 Å². The average molecular weight is 282 g/mol. The van der Waals surface area contributed by atoms with Gasteiger partial charge in [0.1, 0.15) is 22.3 Å². The number of aromatic nitrogens is 2. The van der Waals surface area contributed by atoms with E-state index in [2.05, 4.69) is 9.97 Å². The molecule has 1 aromatic carbocycles. The van der Waals surface area contributed by atoms with Crippen LogP contribution in [0.25, 0.3) is 22.4 Å². The first-order chi connectivity index (χ1) is 9.83. The first kappa shape index (κ1) is 11.9. The number of nitrogens with zero attached hydrogens (tertiary/aromatic N) is 1. The lowest BCUT2D eigenvalue weighted by molar-refractivity contribution is 0.616. The van der Waals surface area contributed by atoms with Crippen molar-refractivity contribution in [2.24, 2.45) is 0 Å². The summed E-state index contributed by atoms with van der Waals surface area (Å²) in [7, 11) is 0. The Morgan fingerprint density at radius 3 is 2.95 bits per heavy atom. The van der Waals surface area contributed by atoms with E-state index in [1.807, 2.05) is 24.3 Å². The van der Waals surface area contributed by atoms with Crippen molar-refractivity contribution < 1.29 is 4.42 Å². The molecule has 0 spiro atoms. The predicted molar refractivity (Wildman–Crippen MR) is 81.3 cm³/mol. The zero-order chi connectivity index (χ0) is 13.5. The molecule has 4 heteroatoms. The lowest BCUT2D eigenvalue weighted by Gasteiger charge is -2.16. The number of rotatable bonds is 1. The Hall–Kier alpha value is -1.94. The number of H-pyrrole nitrogens is 1. The van der Waals surface area contributed by atoms with Gasteiger partial charge < -0.3 is 9.40 Å². The van der Waals surface area contributed by atoms with Gasteiger partial charge in [0.25, 0.3) is 0 Å². The lowest BCUT2D eigenvalue weighted by atomic mass is 9.97. The minimum Gasteiger partial charge on any atom is -0.464 e. The summed E-state index contributed by atoms with van der Waals surface area (Å²) in [5.41, 5.74) is 4.33. The van der Waals surface area contributed by atoms with Crippen molar-refractivity contribution in [1.82, 2.24) is 9.97 Å². The molecule has 3 aromatic rings. The molecule has 1 N–H and O–H groups in total. The summed E-state index contributed by atoms with van der Waals surface area (Å²) in [6.07, 6.45) is 6.29. The van der Waals surface area contributed by atoms with Crippen LogP contribution in [0.3, 0.4) is 0 Å². The molecule has 0 radical (unpaired) electrons. The molecule has 2 aromatic heterocycles. The Balaban J connectivity index is 1.94. The van der Waals surface area contributed by atoms with Crippen LogP contribution in [0.5, 0.6) is 0 Å². The van der Waals surface area contributed by atoms with Gasteiger partial charge >= 0.3 is 0 Å². The number of benzene rings is 1. The number of para-hydroxylation sites is 1. The molecular formula is C16H14N2OS. The number of aromatic amines is 1. The first-order valence-electron chi connectivity index (χ1n) is 6.91. The Kier molecular flexibility index (Phi) is 2.70. The number of aryl methyl sites for hydroxylation is 1. The fourth-order valence-electron chi connectivity index (χ4n) is 2.91. The smallest absolute Gasteiger partial charge is 0.143 e. The van der Waals surface area contributed by atoms with Crippen LogP contribution in [0.2, 0.25) is 0 Å². The van der Waals surface area contributed by atoms with Crippen LogP contribution >= 0.6 is 12.2 Å². The summed E-state index contributed by atoms with van der Waals surface area (Å²) in [5, 5.41) is 1.07. The van der Waals surface area contributed by atoms with Gasteiger partial charge in [0, 0.05) is 16.6 Å². The largest absolute Gasteiger partial charge is 0.464 e. The molecule has 0 amide bonds. The monoisotopic (exact) mass is 282 g/mol. The van der Waals surface area contributed by atoms with Crippen LogP contribution in [0.1, 0.15) is 24.1 Å². The maximum absolute atomic E-state index is 5.59. The van der Waals surface area contributed by atoms with Crippen LogP contribution < -0.4 is 0 Å². The minimum atomic E-state index is 0.735. The second-order valence-corrected chi connectivity index (χ2v) is 5.59. The highest BCUT2D eigenvalue weighted by molar-refractivity contribution is 7.71. The summed E-state index contributed by atoms with van der Waals surface area (Å²) >= 11 is 5.46. The molecule has 2 heterocycles. The van der Waals surface area contributed by atoms with Crippen molar-refractivity contribution in [3.05, 3.63) is 46.4 Å². The Morgan fingerprint density at radius 2 is 2.00 bits per heavy atom. The van der Waals surface area contributed by atoms with Crippen molar-refractivity contribution >= 4 is 23.2 Å². The predicted octanol–water partition coefficient (Wildman–Crippen LogP) is 4.43. The molecule has 0 bridgehead atoms. The third-order valence-corrected chi connectivity index (χ3v) is 4.28. The summed E-state index contributed by atoms with van der Waals surface area (Å²) in [5.74, 6) is 0.820. The van der Waals surface area contributed by atoms with Gasteiger partial charge in [-0.3, -0.25) is 0 Å². The minimum absolute atomic E-state index is 0.735. The van der Waals surface area contributed by atoms with Gasteiger partial charge in [-0.1, -0.05) is 30.4 Å². The van der Waals surface area contributed by atoms with E-state index in [9.17, 15) is 0 Å². The Bertz CT molecular complexity index is 847. The molecule has 1 aliphatic rings. The topological polar surface area (TPSA) is 41.8 Å².